The number of halogens is 1. The van der Waals surface area contributed by atoms with E-state index in [9.17, 15) is 9.18 Å². The van der Waals surface area contributed by atoms with Crippen LogP contribution in [0.2, 0.25) is 0 Å². The first-order valence-corrected chi connectivity index (χ1v) is 10.9. The van der Waals surface area contributed by atoms with E-state index in [4.69, 9.17) is 9.84 Å². The number of carbonyl (C=O) groups excluding carboxylic acids is 1. The summed E-state index contributed by atoms with van der Waals surface area (Å²) in [6.45, 7) is 5.95. The van der Waals surface area contributed by atoms with Crippen LogP contribution < -0.4 is 0 Å². The van der Waals surface area contributed by atoms with Crippen molar-refractivity contribution in [2.75, 3.05) is 19.7 Å². The predicted octanol–water partition coefficient (Wildman–Crippen LogP) is 2.87. The van der Waals surface area contributed by atoms with Gasteiger partial charge in [0.15, 0.2) is 5.65 Å². The number of ether oxygens (including phenoxy) is 1. The third-order valence-corrected chi connectivity index (χ3v) is 6.11. The molecule has 33 heavy (non-hydrogen) atoms. The van der Waals surface area contributed by atoms with Crippen LogP contribution in [-0.2, 0) is 22.5 Å². The normalized spacial score (nSPS) is 16.5. The highest BCUT2D eigenvalue weighted by Crippen LogP contribution is 2.25. The molecule has 3 aromatic heterocycles. The smallest absolute Gasteiger partial charge is 0.227 e. The number of carbonyl (C=O) groups is 1. The minimum atomic E-state index is -0.316. The lowest BCUT2D eigenvalue weighted by Gasteiger charge is -2.33. The molecular formula is C24H25FN6O2. The number of fused-ring (bicyclic) bond motifs is 1. The first-order chi connectivity index (χ1) is 16.0. The maximum atomic E-state index is 13.2. The number of rotatable bonds is 5. The molecule has 1 saturated heterocycles. The topological polar surface area (TPSA) is 77.5 Å². The minimum Gasteiger partial charge on any atom is -0.368 e. The Balaban J connectivity index is 1.38. The van der Waals surface area contributed by atoms with Crippen LogP contribution in [0.4, 0.5) is 4.39 Å². The van der Waals surface area contributed by atoms with Gasteiger partial charge in [0, 0.05) is 30.7 Å². The lowest BCUT2D eigenvalue weighted by molar-refractivity contribution is -0.138. The van der Waals surface area contributed by atoms with Crippen molar-refractivity contribution in [1.82, 2.24) is 29.0 Å². The number of benzene rings is 1. The molecule has 1 unspecified atom stereocenters. The molecule has 1 aromatic carbocycles. The monoisotopic (exact) mass is 448 g/mol. The molecular weight excluding hydrogens is 423 g/mol. The summed E-state index contributed by atoms with van der Waals surface area (Å²) in [5.74, 6) is 0.611. The van der Waals surface area contributed by atoms with Gasteiger partial charge in [0.1, 0.15) is 17.7 Å². The Bertz CT molecular complexity index is 1300. The van der Waals surface area contributed by atoms with E-state index in [1.165, 1.54) is 12.1 Å². The molecule has 4 aromatic rings. The van der Waals surface area contributed by atoms with E-state index in [1.54, 1.807) is 29.4 Å². The summed E-state index contributed by atoms with van der Waals surface area (Å²) in [6.07, 6.45) is 5.40. The molecule has 0 spiro atoms. The molecule has 0 aliphatic carbocycles. The van der Waals surface area contributed by atoms with Crippen molar-refractivity contribution in [3.63, 3.8) is 0 Å². The van der Waals surface area contributed by atoms with Gasteiger partial charge in [0.2, 0.25) is 5.91 Å². The summed E-state index contributed by atoms with van der Waals surface area (Å²) in [5.41, 5.74) is 4.34. The van der Waals surface area contributed by atoms with Gasteiger partial charge in [-0.2, -0.15) is 5.10 Å². The summed E-state index contributed by atoms with van der Waals surface area (Å²) in [4.78, 5) is 23.6. The van der Waals surface area contributed by atoms with Gasteiger partial charge in [-0.1, -0.05) is 12.1 Å². The van der Waals surface area contributed by atoms with Crippen LogP contribution in [0.1, 0.15) is 34.4 Å². The van der Waals surface area contributed by atoms with Crippen LogP contribution in [0.15, 0.2) is 48.9 Å². The molecule has 1 aliphatic rings. The summed E-state index contributed by atoms with van der Waals surface area (Å²) >= 11 is 0. The highest BCUT2D eigenvalue weighted by molar-refractivity contribution is 5.79. The largest absolute Gasteiger partial charge is 0.368 e. The SMILES string of the molecule is Cc1nn2c(C3CN(C(=O)Cc4ccc(F)cc4)CCO3)ccnc2c1Cn1ccnc1C. The molecule has 1 fully saturated rings. The fourth-order valence-corrected chi connectivity index (χ4v) is 4.23. The lowest BCUT2D eigenvalue weighted by atomic mass is 10.1. The molecule has 1 atom stereocenters. The summed E-state index contributed by atoms with van der Waals surface area (Å²) in [5, 5.41) is 4.75. The molecule has 0 radical (unpaired) electrons. The number of nitrogens with zero attached hydrogens (tertiary/aromatic N) is 6. The summed E-state index contributed by atoms with van der Waals surface area (Å²) < 4.78 is 23.1. The second kappa shape index (κ2) is 8.74. The third-order valence-electron chi connectivity index (χ3n) is 6.11. The molecule has 1 aliphatic heterocycles. The second-order valence-electron chi connectivity index (χ2n) is 8.27. The standard InChI is InChI=1S/C24H25FN6O2/c1-16-20(14-29-10-9-26-17(29)2)24-27-8-7-21(31(24)28-16)22-15-30(11-12-33-22)23(32)13-18-3-5-19(25)6-4-18/h3-10,22H,11-15H2,1-2H3. The molecule has 0 N–H and O–H groups in total. The van der Waals surface area contributed by atoms with Crippen LogP contribution in [0, 0.1) is 19.7 Å². The molecule has 0 bridgehead atoms. The van der Waals surface area contributed by atoms with E-state index in [1.807, 2.05) is 30.6 Å². The molecule has 9 heteroatoms. The van der Waals surface area contributed by atoms with Crippen LogP contribution in [0.5, 0.6) is 0 Å². The van der Waals surface area contributed by atoms with Gasteiger partial charge in [-0.3, -0.25) is 4.79 Å². The molecule has 8 nitrogen and oxygen atoms in total. The average molecular weight is 449 g/mol. The van der Waals surface area contributed by atoms with Crippen molar-refractivity contribution < 1.29 is 13.9 Å². The Morgan fingerprint density at radius 2 is 1.97 bits per heavy atom. The Morgan fingerprint density at radius 3 is 2.73 bits per heavy atom. The first-order valence-electron chi connectivity index (χ1n) is 10.9. The number of morpholine rings is 1. The fraction of sp³-hybridized carbons (Fsp3) is 0.333. The van der Waals surface area contributed by atoms with E-state index in [2.05, 4.69) is 14.5 Å². The van der Waals surface area contributed by atoms with E-state index >= 15 is 0 Å². The van der Waals surface area contributed by atoms with Gasteiger partial charge in [-0.15, -0.1) is 0 Å². The summed E-state index contributed by atoms with van der Waals surface area (Å²) in [6, 6.07) is 7.94. The summed E-state index contributed by atoms with van der Waals surface area (Å²) in [7, 11) is 0. The Hall–Kier alpha value is -3.59. The van der Waals surface area contributed by atoms with Crippen molar-refractivity contribution in [2.45, 2.75) is 32.9 Å². The average Bonchev–Trinajstić information content (AvgIpc) is 3.37. The van der Waals surface area contributed by atoms with E-state index in [0.717, 1.165) is 34.0 Å². The molecule has 0 saturated carbocycles. The van der Waals surface area contributed by atoms with Crippen LogP contribution in [0.25, 0.3) is 5.65 Å². The maximum absolute atomic E-state index is 13.2. The van der Waals surface area contributed by atoms with Gasteiger partial charge in [0.25, 0.3) is 0 Å². The molecule has 170 valence electrons. The predicted molar refractivity (Wildman–Crippen MR) is 119 cm³/mol. The van der Waals surface area contributed by atoms with Gasteiger partial charge < -0.3 is 14.2 Å². The first kappa shape index (κ1) is 21.3. The Morgan fingerprint density at radius 1 is 1.15 bits per heavy atom. The van der Waals surface area contributed by atoms with Crippen LogP contribution in [0.3, 0.4) is 0 Å². The zero-order chi connectivity index (χ0) is 22.9. The molecule has 4 heterocycles. The van der Waals surface area contributed by atoms with Gasteiger partial charge in [-0.25, -0.2) is 18.9 Å². The number of hydrogen-bond donors (Lipinski definition) is 0. The Kier molecular flexibility index (Phi) is 5.63. The number of hydrogen-bond acceptors (Lipinski definition) is 5. The minimum absolute atomic E-state index is 0.00636. The van der Waals surface area contributed by atoms with Crippen molar-refractivity contribution >= 4 is 11.6 Å². The molecule has 1 amide bonds. The fourth-order valence-electron chi connectivity index (χ4n) is 4.23. The lowest BCUT2D eigenvalue weighted by Crippen LogP contribution is -2.43. The zero-order valence-corrected chi connectivity index (χ0v) is 18.6. The van der Waals surface area contributed by atoms with Gasteiger partial charge >= 0.3 is 0 Å². The van der Waals surface area contributed by atoms with Crippen molar-refractivity contribution in [3.8, 4) is 0 Å². The van der Waals surface area contributed by atoms with Gasteiger partial charge in [0.05, 0.1) is 37.5 Å². The van der Waals surface area contributed by atoms with E-state index < -0.39 is 0 Å². The third kappa shape index (κ3) is 4.23. The quantitative estimate of drug-likeness (QED) is 0.469. The Labute approximate surface area is 190 Å². The number of aromatic nitrogens is 5. The molecule has 5 rings (SSSR count). The van der Waals surface area contributed by atoms with E-state index in [-0.39, 0.29) is 24.2 Å². The number of aryl methyl sites for hydroxylation is 2. The number of imidazole rings is 1. The van der Waals surface area contributed by atoms with E-state index in [0.29, 0.717) is 26.2 Å². The van der Waals surface area contributed by atoms with Crippen molar-refractivity contribution in [1.29, 1.82) is 0 Å². The van der Waals surface area contributed by atoms with Crippen LogP contribution in [-0.4, -0.2) is 54.7 Å². The zero-order valence-electron chi connectivity index (χ0n) is 18.6. The van der Waals surface area contributed by atoms with Crippen molar-refractivity contribution in [2.24, 2.45) is 0 Å². The highest BCUT2D eigenvalue weighted by Gasteiger charge is 2.28. The van der Waals surface area contributed by atoms with Crippen LogP contribution >= 0.6 is 0 Å². The van der Waals surface area contributed by atoms with Gasteiger partial charge in [-0.05, 0) is 37.6 Å². The second-order valence-corrected chi connectivity index (χ2v) is 8.27. The van der Waals surface area contributed by atoms with Crippen molar-refractivity contribution in [3.05, 3.63) is 83.1 Å². The highest BCUT2D eigenvalue weighted by atomic mass is 19.1. The number of amides is 1. The maximum Gasteiger partial charge on any atom is 0.227 e.